The highest BCUT2D eigenvalue weighted by Crippen LogP contribution is 2.36. The molecule has 31 heavy (non-hydrogen) atoms. The van der Waals surface area contributed by atoms with Crippen LogP contribution in [0.3, 0.4) is 0 Å². The Bertz CT molecular complexity index is 913. The molecule has 0 bridgehead atoms. The fraction of sp³-hybridized carbons (Fsp3) is 0.520. The molecule has 1 aliphatic carbocycles. The van der Waals surface area contributed by atoms with Crippen molar-refractivity contribution in [3.8, 4) is 5.75 Å². The average Bonchev–Trinajstić information content (AvgIpc) is 2.80. The Labute approximate surface area is 187 Å². The SMILES string of the molecule is COc1cccc(C2CCC(N3CCCCC3)CC2)c1.Cc1ccc(S(=O)(=O)O)cc1. The zero-order valence-corrected chi connectivity index (χ0v) is 19.5. The molecular formula is C25H35NO4S. The van der Waals surface area contributed by atoms with Crippen molar-refractivity contribution in [1.29, 1.82) is 0 Å². The van der Waals surface area contributed by atoms with Crippen LogP contribution in [0.15, 0.2) is 53.4 Å². The fourth-order valence-electron chi connectivity index (χ4n) is 4.66. The zero-order chi connectivity index (χ0) is 22.3. The van der Waals surface area contributed by atoms with E-state index in [2.05, 4.69) is 23.1 Å². The lowest BCUT2D eigenvalue weighted by atomic mass is 9.81. The Hall–Kier alpha value is -1.89. The fourth-order valence-corrected chi connectivity index (χ4v) is 5.14. The van der Waals surface area contributed by atoms with E-state index in [0.29, 0.717) is 0 Å². The van der Waals surface area contributed by atoms with Crippen LogP contribution in [0.5, 0.6) is 5.75 Å². The standard InChI is InChI=1S/C18H27NO.C7H8O3S/c1-20-18-7-5-6-16(14-18)15-8-10-17(11-9-15)19-12-3-2-4-13-19;1-6-2-4-7(5-3-6)11(8,9)10/h5-7,14-15,17H,2-4,8-13H2,1H3;2-5H,1H3,(H,8,9,10). The molecule has 2 aromatic rings. The van der Waals surface area contributed by atoms with Gasteiger partial charge in [0.1, 0.15) is 5.75 Å². The van der Waals surface area contributed by atoms with Gasteiger partial charge in [0.2, 0.25) is 0 Å². The van der Waals surface area contributed by atoms with Gasteiger partial charge in [-0.05, 0) is 94.3 Å². The number of benzene rings is 2. The molecule has 5 nitrogen and oxygen atoms in total. The molecule has 1 N–H and O–H groups in total. The normalized spacial score (nSPS) is 22.3. The van der Waals surface area contributed by atoms with Gasteiger partial charge in [-0.15, -0.1) is 0 Å². The third kappa shape index (κ3) is 7.06. The molecule has 2 fully saturated rings. The predicted molar refractivity (Wildman–Crippen MR) is 124 cm³/mol. The molecule has 1 saturated carbocycles. The summed E-state index contributed by atoms with van der Waals surface area (Å²) in [6.45, 7) is 4.52. The lowest BCUT2D eigenvalue weighted by Gasteiger charge is -2.39. The highest BCUT2D eigenvalue weighted by atomic mass is 32.2. The van der Waals surface area contributed by atoms with Gasteiger partial charge in [0, 0.05) is 6.04 Å². The van der Waals surface area contributed by atoms with E-state index in [-0.39, 0.29) is 4.90 Å². The number of hydrogen-bond acceptors (Lipinski definition) is 4. The first-order valence-corrected chi connectivity index (χ1v) is 12.7. The van der Waals surface area contributed by atoms with Gasteiger partial charge in [0.05, 0.1) is 12.0 Å². The number of rotatable bonds is 4. The second-order valence-corrected chi connectivity index (χ2v) is 10.1. The Morgan fingerprint density at radius 3 is 2.16 bits per heavy atom. The first-order valence-electron chi connectivity index (χ1n) is 11.3. The molecule has 4 rings (SSSR count). The van der Waals surface area contributed by atoms with Crippen molar-refractivity contribution in [2.24, 2.45) is 0 Å². The van der Waals surface area contributed by atoms with Crippen LogP contribution < -0.4 is 4.74 Å². The second kappa shape index (κ2) is 11.1. The molecule has 0 aromatic heterocycles. The van der Waals surface area contributed by atoms with E-state index in [1.54, 1.807) is 19.2 Å². The van der Waals surface area contributed by atoms with Crippen molar-refractivity contribution < 1.29 is 17.7 Å². The molecule has 1 aliphatic heterocycles. The number of hydrogen-bond donors (Lipinski definition) is 1. The maximum absolute atomic E-state index is 10.5. The number of aryl methyl sites for hydroxylation is 1. The number of ether oxygens (including phenoxy) is 1. The first-order chi connectivity index (χ1) is 14.9. The smallest absolute Gasteiger partial charge is 0.294 e. The minimum absolute atomic E-state index is 0.0666. The van der Waals surface area contributed by atoms with Crippen molar-refractivity contribution in [3.63, 3.8) is 0 Å². The topological polar surface area (TPSA) is 66.8 Å². The monoisotopic (exact) mass is 445 g/mol. The van der Waals surface area contributed by atoms with E-state index in [1.807, 2.05) is 13.0 Å². The van der Waals surface area contributed by atoms with Gasteiger partial charge < -0.3 is 9.64 Å². The second-order valence-electron chi connectivity index (χ2n) is 8.67. The average molecular weight is 446 g/mol. The summed E-state index contributed by atoms with van der Waals surface area (Å²) in [6.07, 6.45) is 9.70. The third-order valence-corrected chi connectivity index (χ3v) is 7.36. The first kappa shape index (κ1) is 23.8. The van der Waals surface area contributed by atoms with Crippen LogP contribution in [0, 0.1) is 6.92 Å². The van der Waals surface area contributed by atoms with Gasteiger partial charge in [-0.25, -0.2) is 0 Å². The molecule has 0 amide bonds. The maximum atomic E-state index is 10.5. The summed E-state index contributed by atoms with van der Waals surface area (Å²) in [5.41, 5.74) is 2.43. The summed E-state index contributed by atoms with van der Waals surface area (Å²) in [4.78, 5) is 2.69. The maximum Gasteiger partial charge on any atom is 0.294 e. The molecule has 170 valence electrons. The van der Waals surface area contributed by atoms with Crippen molar-refractivity contribution in [1.82, 2.24) is 4.90 Å². The number of likely N-dealkylation sites (tertiary alicyclic amines) is 1. The summed E-state index contributed by atoms with van der Waals surface area (Å²) in [5, 5.41) is 0. The van der Waals surface area contributed by atoms with Crippen LogP contribution in [0.25, 0.3) is 0 Å². The summed E-state index contributed by atoms with van der Waals surface area (Å²) in [7, 11) is -2.26. The molecular weight excluding hydrogens is 410 g/mol. The Balaban J connectivity index is 0.000000210. The lowest BCUT2D eigenvalue weighted by Crippen LogP contribution is -2.41. The van der Waals surface area contributed by atoms with E-state index < -0.39 is 10.1 Å². The van der Waals surface area contributed by atoms with Crippen molar-refractivity contribution in [2.45, 2.75) is 68.7 Å². The highest BCUT2D eigenvalue weighted by Gasteiger charge is 2.27. The lowest BCUT2D eigenvalue weighted by molar-refractivity contribution is 0.125. The summed E-state index contributed by atoms with van der Waals surface area (Å²) in [6, 6.07) is 15.5. The number of nitrogens with zero attached hydrogens (tertiary/aromatic N) is 1. The molecule has 2 aromatic carbocycles. The van der Waals surface area contributed by atoms with Gasteiger partial charge in [-0.1, -0.05) is 36.2 Å². The van der Waals surface area contributed by atoms with Gasteiger partial charge in [0.25, 0.3) is 10.1 Å². The third-order valence-electron chi connectivity index (χ3n) is 6.49. The van der Waals surface area contributed by atoms with E-state index in [0.717, 1.165) is 23.3 Å². The molecule has 0 spiro atoms. The van der Waals surface area contributed by atoms with Gasteiger partial charge >= 0.3 is 0 Å². The van der Waals surface area contributed by atoms with E-state index >= 15 is 0 Å². The van der Waals surface area contributed by atoms with Crippen LogP contribution in [0.4, 0.5) is 0 Å². The van der Waals surface area contributed by atoms with Gasteiger partial charge in [-0.2, -0.15) is 8.42 Å². The van der Waals surface area contributed by atoms with Crippen molar-refractivity contribution in [2.75, 3.05) is 20.2 Å². The van der Waals surface area contributed by atoms with Gasteiger partial charge in [-0.3, -0.25) is 4.55 Å². The van der Waals surface area contributed by atoms with Crippen molar-refractivity contribution >= 4 is 10.1 Å². The highest BCUT2D eigenvalue weighted by molar-refractivity contribution is 7.85. The largest absolute Gasteiger partial charge is 0.497 e. The van der Waals surface area contributed by atoms with Crippen LogP contribution in [-0.4, -0.2) is 44.1 Å². The Morgan fingerprint density at radius 2 is 1.58 bits per heavy atom. The molecule has 0 atom stereocenters. The quantitative estimate of drug-likeness (QED) is 0.634. The van der Waals surface area contributed by atoms with Gasteiger partial charge in [0.15, 0.2) is 0 Å². The zero-order valence-electron chi connectivity index (χ0n) is 18.7. The van der Waals surface area contributed by atoms with E-state index in [1.165, 1.54) is 75.7 Å². The molecule has 2 aliphatic rings. The summed E-state index contributed by atoms with van der Waals surface area (Å²) in [5.74, 6) is 1.74. The molecule has 1 saturated heterocycles. The summed E-state index contributed by atoms with van der Waals surface area (Å²) >= 11 is 0. The Kier molecular flexibility index (Phi) is 8.52. The van der Waals surface area contributed by atoms with Crippen LogP contribution in [-0.2, 0) is 10.1 Å². The van der Waals surface area contributed by atoms with Crippen molar-refractivity contribution in [3.05, 3.63) is 59.7 Å². The molecule has 6 heteroatoms. The molecule has 0 unspecified atom stereocenters. The predicted octanol–water partition coefficient (Wildman–Crippen LogP) is 5.45. The van der Waals surface area contributed by atoms with E-state index in [4.69, 9.17) is 9.29 Å². The number of piperidine rings is 1. The number of methoxy groups -OCH3 is 1. The minimum atomic E-state index is -4.02. The Morgan fingerprint density at radius 1 is 0.935 bits per heavy atom. The summed E-state index contributed by atoms with van der Waals surface area (Å²) < 4.78 is 34.9. The molecule has 1 heterocycles. The molecule has 0 radical (unpaired) electrons. The van der Waals surface area contributed by atoms with Crippen LogP contribution in [0.1, 0.15) is 62.0 Å². The minimum Gasteiger partial charge on any atom is -0.497 e. The van der Waals surface area contributed by atoms with Crippen LogP contribution >= 0.6 is 0 Å². The van der Waals surface area contributed by atoms with E-state index in [9.17, 15) is 8.42 Å². The van der Waals surface area contributed by atoms with Crippen LogP contribution in [0.2, 0.25) is 0 Å².